The summed E-state index contributed by atoms with van der Waals surface area (Å²) in [6, 6.07) is 5.87. The number of carbonyl (C=O) groups is 1. The Morgan fingerprint density at radius 2 is 2.14 bits per heavy atom. The van der Waals surface area contributed by atoms with E-state index >= 15 is 0 Å². The van der Waals surface area contributed by atoms with E-state index in [0.717, 1.165) is 30.4 Å². The molecule has 0 fully saturated rings. The molecule has 150 valence electrons. The predicted molar refractivity (Wildman–Crippen MR) is 110 cm³/mol. The standard InChI is InChI=1S/C21H28N4O3/c1-5-25-12-11-22-18(19(25)26)24-17-8-6-7-14-13-15(9-10-16(14)17)23-20(27)28-21(2,3)4/h9-13,17H,5-8H2,1-4H3,(H,22,24)(H,23,27). The molecule has 1 unspecified atom stereocenters. The SMILES string of the molecule is CCn1ccnc(NC2CCCc3cc(NC(=O)OC(C)(C)C)ccc32)c1=O. The Bertz CT molecular complexity index is 915. The summed E-state index contributed by atoms with van der Waals surface area (Å²) in [7, 11) is 0. The molecule has 0 saturated carbocycles. The Kier molecular flexibility index (Phi) is 5.72. The van der Waals surface area contributed by atoms with Gasteiger partial charge in [0.25, 0.3) is 5.56 Å². The monoisotopic (exact) mass is 384 g/mol. The van der Waals surface area contributed by atoms with Crippen molar-refractivity contribution in [1.29, 1.82) is 0 Å². The van der Waals surface area contributed by atoms with E-state index in [0.29, 0.717) is 18.1 Å². The lowest BCUT2D eigenvalue weighted by Crippen LogP contribution is -2.28. The van der Waals surface area contributed by atoms with Gasteiger partial charge in [-0.15, -0.1) is 0 Å². The fourth-order valence-corrected chi connectivity index (χ4v) is 3.42. The largest absolute Gasteiger partial charge is 0.444 e. The van der Waals surface area contributed by atoms with Crippen LogP contribution in [0.15, 0.2) is 35.4 Å². The second-order valence-corrected chi connectivity index (χ2v) is 8.00. The maximum Gasteiger partial charge on any atom is 0.412 e. The van der Waals surface area contributed by atoms with Crippen LogP contribution in [0.25, 0.3) is 0 Å². The Labute approximate surface area is 165 Å². The number of hydrogen-bond donors (Lipinski definition) is 2. The first-order valence-electron chi connectivity index (χ1n) is 9.71. The third-order valence-corrected chi connectivity index (χ3v) is 4.67. The highest BCUT2D eigenvalue weighted by atomic mass is 16.6. The van der Waals surface area contributed by atoms with Crippen molar-refractivity contribution in [1.82, 2.24) is 9.55 Å². The molecule has 7 nitrogen and oxygen atoms in total. The number of nitrogens with one attached hydrogen (secondary N) is 2. The van der Waals surface area contributed by atoms with E-state index in [4.69, 9.17) is 4.74 Å². The smallest absolute Gasteiger partial charge is 0.412 e. The van der Waals surface area contributed by atoms with Gasteiger partial charge in [0.1, 0.15) is 5.60 Å². The van der Waals surface area contributed by atoms with Gasteiger partial charge in [0.2, 0.25) is 0 Å². The van der Waals surface area contributed by atoms with Gasteiger partial charge in [-0.25, -0.2) is 9.78 Å². The number of rotatable bonds is 4. The van der Waals surface area contributed by atoms with Crippen LogP contribution in [0.5, 0.6) is 0 Å². The van der Waals surface area contributed by atoms with Crippen LogP contribution in [-0.4, -0.2) is 21.2 Å². The van der Waals surface area contributed by atoms with Crippen molar-refractivity contribution >= 4 is 17.6 Å². The minimum Gasteiger partial charge on any atom is -0.444 e. The molecule has 1 aromatic heterocycles. The van der Waals surface area contributed by atoms with Crippen molar-refractivity contribution in [2.45, 2.75) is 65.1 Å². The van der Waals surface area contributed by atoms with E-state index in [1.807, 2.05) is 45.9 Å². The summed E-state index contributed by atoms with van der Waals surface area (Å²) in [6.45, 7) is 8.04. The maximum atomic E-state index is 12.5. The van der Waals surface area contributed by atoms with Gasteiger partial charge >= 0.3 is 6.09 Å². The highest BCUT2D eigenvalue weighted by molar-refractivity contribution is 5.85. The number of benzene rings is 1. The Balaban J connectivity index is 1.78. The second kappa shape index (κ2) is 8.04. The molecule has 0 saturated heterocycles. The summed E-state index contributed by atoms with van der Waals surface area (Å²) in [5.41, 5.74) is 2.35. The average molecular weight is 384 g/mol. The van der Waals surface area contributed by atoms with Gasteiger partial charge in [-0.3, -0.25) is 10.1 Å². The first-order chi connectivity index (χ1) is 13.3. The van der Waals surface area contributed by atoms with Crippen LogP contribution in [0.2, 0.25) is 0 Å². The molecule has 0 radical (unpaired) electrons. The van der Waals surface area contributed by atoms with E-state index < -0.39 is 11.7 Å². The number of aromatic nitrogens is 2. The highest BCUT2D eigenvalue weighted by Gasteiger charge is 2.23. The molecule has 1 heterocycles. The Morgan fingerprint density at radius 3 is 2.86 bits per heavy atom. The van der Waals surface area contributed by atoms with Crippen LogP contribution in [0.3, 0.4) is 0 Å². The quantitative estimate of drug-likeness (QED) is 0.829. The highest BCUT2D eigenvalue weighted by Crippen LogP contribution is 2.33. The lowest BCUT2D eigenvalue weighted by atomic mass is 9.87. The summed E-state index contributed by atoms with van der Waals surface area (Å²) in [5, 5.41) is 6.10. The molecular weight excluding hydrogens is 356 g/mol. The van der Waals surface area contributed by atoms with Gasteiger partial charge < -0.3 is 14.6 Å². The normalized spacial score (nSPS) is 16.2. The number of anilines is 2. The summed E-state index contributed by atoms with van der Waals surface area (Å²) < 4.78 is 6.94. The molecule has 0 bridgehead atoms. The molecule has 1 aliphatic rings. The van der Waals surface area contributed by atoms with Crippen molar-refractivity contribution in [3.8, 4) is 0 Å². The molecule has 1 aliphatic carbocycles. The van der Waals surface area contributed by atoms with E-state index in [9.17, 15) is 9.59 Å². The van der Waals surface area contributed by atoms with E-state index in [1.165, 1.54) is 0 Å². The molecule has 0 spiro atoms. The second-order valence-electron chi connectivity index (χ2n) is 8.00. The zero-order valence-corrected chi connectivity index (χ0v) is 16.9. The van der Waals surface area contributed by atoms with Gasteiger partial charge in [0.15, 0.2) is 5.82 Å². The van der Waals surface area contributed by atoms with Crippen molar-refractivity contribution < 1.29 is 9.53 Å². The molecule has 1 amide bonds. The van der Waals surface area contributed by atoms with Crippen LogP contribution in [0.4, 0.5) is 16.3 Å². The molecule has 1 atom stereocenters. The van der Waals surface area contributed by atoms with E-state index in [1.54, 1.807) is 17.0 Å². The number of amides is 1. The minimum absolute atomic E-state index is 0.0206. The van der Waals surface area contributed by atoms with Crippen LogP contribution in [0, 0.1) is 0 Å². The number of ether oxygens (including phenoxy) is 1. The minimum atomic E-state index is -0.540. The van der Waals surface area contributed by atoms with E-state index in [2.05, 4.69) is 15.6 Å². The third kappa shape index (κ3) is 4.71. The van der Waals surface area contributed by atoms with Gasteiger partial charge in [-0.1, -0.05) is 6.07 Å². The van der Waals surface area contributed by atoms with Gasteiger partial charge in [-0.05, 0) is 70.2 Å². The average Bonchev–Trinajstić information content (AvgIpc) is 2.62. The van der Waals surface area contributed by atoms with Crippen molar-refractivity contribution in [2.75, 3.05) is 10.6 Å². The summed E-state index contributed by atoms with van der Waals surface area (Å²) >= 11 is 0. The van der Waals surface area contributed by atoms with Crippen molar-refractivity contribution in [2.24, 2.45) is 0 Å². The lowest BCUT2D eigenvalue weighted by molar-refractivity contribution is 0.0636. The Morgan fingerprint density at radius 1 is 1.36 bits per heavy atom. The molecule has 2 aromatic rings. The predicted octanol–water partition coefficient (Wildman–Crippen LogP) is 4.10. The first-order valence-corrected chi connectivity index (χ1v) is 9.71. The molecule has 3 rings (SSSR count). The lowest BCUT2D eigenvalue weighted by Gasteiger charge is -2.27. The van der Waals surface area contributed by atoms with Crippen LogP contribution >= 0.6 is 0 Å². The fourth-order valence-electron chi connectivity index (χ4n) is 3.42. The molecular formula is C21H28N4O3. The van der Waals surface area contributed by atoms with Gasteiger partial charge in [-0.2, -0.15) is 0 Å². The number of nitrogens with zero attached hydrogens (tertiary/aromatic N) is 2. The molecule has 7 heteroatoms. The van der Waals surface area contributed by atoms with Crippen molar-refractivity contribution in [3.05, 3.63) is 52.1 Å². The number of hydrogen-bond acceptors (Lipinski definition) is 5. The fraction of sp³-hybridized carbons (Fsp3) is 0.476. The summed E-state index contributed by atoms with van der Waals surface area (Å²) in [5.74, 6) is 0.373. The number of aryl methyl sites for hydroxylation is 2. The van der Waals surface area contributed by atoms with Gasteiger partial charge in [0.05, 0.1) is 6.04 Å². The zero-order chi connectivity index (χ0) is 20.3. The summed E-state index contributed by atoms with van der Waals surface area (Å²) in [6.07, 6.45) is 5.72. The number of fused-ring (bicyclic) bond motifs is 1. The molecule has 1 aromatic carbocycles. The molecule has 28 heavy (non-hydrogen) atoms. The third-order valence-electron chi connectivity index (χ3n) is 4.67. The van der Waals surface area contributed by atoms with Crippen LogP contribution < -0.4 is 16.2 Å². The van der Waals surface area contributed by atoms with Crippen LogP contribution in [0.1, 0.15) is 57.7 Å². The van der Waals surface area contributed by atoms with Crippen LogP contribution in [-0.2, 0) is 17.7 Å². The van der Waals surface area contributed by atoms with E-state index in [-0.39, 0.29) is 11.6 Å². The topological polar surface area (TPSA) is 85.2 Å². The first kappa shape index (κ1) is 19.9. The number of carbonyl (C=O) groups excluding carboxylic acids is 1. The zero-order valence-electron chi connectivity index (χ0n) is 16.9. The summed E-state index contributed by atoms with van der Waals surface area (Å²) in [4.78, 5) is 28.7. The Hall–Kier alpha value is -2.83. The van der Waals surface area contributed by atoms with Gasteiger partial charge in [0, 0.05) is 24.6 Å². The molecule has 2 N–H and O–H groups in total. The molecule has 0 aliphatic heterocycles. The maximum absolute atomic E-state index is 12.5. The van der Waals surface area contributed by atoms with Crippen molar-refractivity contribution in [3.63, 3.8) is 0 Å².